The van der Waals surface area contributed by atoms with Gasteiger partial charge in [0, 0.05) is 5.56 Å². The van der Waals surface area contributed by atoms with Gasteiger partial charge in [-0.1, -0.05) is 66.7 Å². The molecular weight excluding hydrogens is 322 g/mol. The molecule has 0 radical (unpaired) electrons. The Morgan fingerprint density at radius 1 is 1.12 bits per heavy atom. The minimum Gasteiger partial charge on any atom is -0.383 e. The second-order valence-electron chi connectivity index (χ2n) is 5.21. The summed E-state index contributed by atoms with van der Waals surface area (Å²) in [5.41, 5.74) is 2.47. The summed E-state index contributed by atoms with van der Waals surface area (Å²) in [6.45, 7) is 3.60. The fraction of sp³-hybridized carbons (Fsp3) is 0.0526. The molecule has 0 spiro atoms. The maximum Gasteiger partial charge on any atom is 0.139 e. The summed E-state index contributed by atoms with van der Waals surface area (Å²) in [6, 6.07) is 20.6. The Morgan fingerprint density at radius 3 is 2.29 bits per heavy atom. The molecule has 2 aromatic carbocycles. The molecule has 1 heterocycles. The summed E-state index contributed by atoms with van der Waals surface area (Å²) >= 11 is 6.50. The van der Waals surface area contributed by atoms with Crippen LogP contribution < -0.4 is 0 Å². The molecule has 0 saturated carbocycles. The fourth-order valence-electron chi connectivity index (χ4n) is 2.44. The SMILES string of the molecule is C=C(C#N)C(O)c1c(-c2ccccc2)nn(-c2ccccc2)c1Cl. The second-order valence-corrected chi connectivity index (χ2v) is 5.56. The molecule has 0 aliphatic carbocycles. The van der Waals surface area contributed by atoms with Crippen LogP contribution >= 0.6 is 11.6 Å². The van der Waals surface area contributed by atoms with Gasteiger partial charge in [-0.2, -0.15) is 10.4 Å². The van der Waals surface area contributed by atoms with Gasteiger partial charge in [-0.3, -0.25) is 0 Å². The zero-order valence-electron chi connectivity index (χ0n) is 12.7. The van der Waals surface area contributed by atoms with Gasteiger partial charge >= 0.3 is 0 Å². The topological polar surface area (TPSA) is 61.8 Å². The summed E-state index contributed by atoms with van der Waals surface area (Å²) < 4.78 is 1.55. The summed E-state index contributed by atoms with van der Waals surface area (Å²) in [5, 5.41) is 24.4. The van der Waals surface area contributed by atoms with E-state index in [9.17, 15) is 5.11 Å². The van der Waals surface area contributed by atoms with Crippen molar-refractivity contribution in [2.75, 3.05) is 0 Å². The van der Waals surface area contributed by atoms with E-state index in [4.69, 9.17) is 16.9 Å². The third-order valence-corrected chi connectivity index (χ3v) is 4.02. The average molecular weight is 336 g/mol. The van der Waals surface area contributed by atoms with Crippen molar-refractivity contribution in [3.8, 4) is 23.0 Å². The van der Waals surface area contributed by atoms with E-state index in [0.717, 1.165) is 11.3 Å². The van der Waals surface area contributed by atoms with Gasteiger partial charge in [0.1, 0.15) is 17.0 Å². The number of aromatic nitrogens is 2. The zero-order chi connectivity index (χ0) is 17.1. The lowest BCUT2D eigenvalue weighted by atomic mass is 10.0. The minimum atomic E-state index is -1.21. The number of aliphatic hydroxyl groups is 1. The van der Waals surface area contributed by atoms with Gasteiger partial charge in [-0.05, 0) is 12.1 Å². The molecule has 0 bridgehead atoms. The molecule has 0 aliphatic heterocycles. The summed E-state index contributed by atoms with van der Waals surface area (Å²) in [4.78, 5) is 0. The molecule has 4 nitrogen and oxygen atoms in total. The van der Waals surface area contributed by atoms with Crippen molar-refractivity contribution in [1.29, 1.82) is 5.26 Å². The van der Waals surface area contributed by atoms with Crippen LogP contribution in [-0.2, 0) is 0 Å². The van der Waals surface area contributed by atoms with Crippen molar-refractivity contribution < 1.29 is 5.11 Å². The van der Waals surface area contributed by atoms with Gasteiger partial charge < -0.3 is 5.11 Å². The summed E-state index contributed by atoms with van der Waals surface area (Å²) in [7, 11) is 0. The van der Waals surface area contributed by atoms with Gasteiger partial charge in [0.2, 0.25) is 0 Å². The van der Waals surface area contributed by atoms with E-state index < -0.39 is 6.10 Å². The molecule has 118 valence electrons. The Morgan fingerprint density at radius 2 is 1.71 bits per heavy atom. The van der Waals surface area contributed by atoms with E-state index in [0.29, 0.717) is 11.3 Å². The highest BCUT2D eigenvalue weighted by atomic mass is 35.5. The Hall–Kier alpha value is -2.87. The third-order valence-electron chi connectivity index (χ3n) is 3.66. The molecule has 1 atom stereocenters. The highest BCUT2D eigenvalue weighted by Gasteiger charge is 2.26. The standard InChI is InChI=1S/C19H14ClN3O/c1-13(12-21)18(24)16-17(14-8-4-2-5-9-14)22-23(19(16)20)15-10-6-3-7-11-15/h2-11,18,24H,1H2. The molecule has 0 aliphatic rings. The molecule has 1 N–H and O–H groups in total. The van der Waals surface area contributed by atoms with Crippen LogP contribution in [0, 0.1) is 11.3 Å². The number of hydrogen-bond acceptors (Lipinski definition) is 3. The third kappa shape index (κ3) is 2.83. The monoisotopic (exact) mass is 335 g/mol. The van der Waals surface area contributed by atoms with Crippen LogP contribution in [0.25, 0.3) is 16.9 Å². The average Bonchev–Trinajstić information content (AvgIpc) is 2.99. The molecule has 3 rings (SSSR count). The summed E-state index contributed by atoms with van der Waals surface area (Å²) in [5.74, 6) is 0. The van der Waals surface area contributed by atoms with Gasteiger partial charge in [0.15, 0.2) is 0 Å². The van der Waals surface area contributed by atoms with E-state index in [1.807, 2.05) is 66.7 Å². The van der Waals surface area contributed by atoms with Crippen LogP contribution in [0.5, 0.6) is 0 Å². The molecule has 1 aromatic heterocycles. The number of hydrogen-bond donors (Lipinski definition) is 1. The Labute approximate surface area is 144 Å². The highest BCUT2D eigenvalue weighted by molar-refractivity contribution is 6.31. The van der Waals surface area contributed by atoms with Crippen LogP contribution in [0.1, 0.15) is 11.7 Å². The minimum absolute atomic E-state index is 0.0155. The molecule has 5 heteroatoms. The first-order valence-corrected chi connectivity index (χ1v) is 7.67. The van der Waals surface area contributed by atoms with E-state index in [2.05, 4.69) is 11.7 Å². The number of para-hydroxylation sites is 1. The number of aliphatic hydroxyl groups excluding tert-OH is 1. The van der Waals surface area contributed by atoms with Crippen LogP contribution in [0.4, 0.5) is 0 Å². The summed E-state index contributed by atoms with van der Waals surface area (Å²) in [6.07, 6.45) is -1.21. The fourth-order valence-corrected chi connectivity index (χ4v) is 2.77. The van der Waals surface area contributed by atoms with Crippen molar-refractivity contribution in [3.05, 3.63) is 83.5 Å². The van der Waals surface area contributed by atoms with Crippen LogP contribution in [0.2, 0.25) is 5.15 Å². The molecule has 24 heavy (non-hydrogen) atoms. The maximum atomic E-state index is 10.5. The van der Waals surface area contributed by atoms with Crippen LogP contribution in [0.3, 0.4) is 0 Å². The van der Waals surface area contributed by atoms with E-state index in [-0.39, 0.29) is 10.7 Å². The predicted octanol–water partition coefficient (Wildman–Crippen LogP) is 4.31. The molecule has 0 saturated heterocycles. The maximum absolute atomic E-state index is 10.5. The van der Waals surface area contributed by atoms with E-state index in [1.54, 1.807) is 4.68 Å². The number of nitriles is 1. The Balaban J connectivity index is 2.24. The lowest BCUT2D eigenvalue weighted by Crippen LogP contribution is -2.01. The number of nitrogens with zero attached hydrogens (tertiary/aromatic N) is 3. The number of halogens is 1. The largest absolute Gasteiger partial charge is 0.383 e. The van der Waals surface area contributed by atoms with Gasteiger partial charge in [0.25, 0.3) is 0 Å². The lowest BCUT2D eigenvalue weighted by molar-refractivity contribution is 0.221. The van der Waals surface area contributed by atoms with Crippen molar-refractivity contribution >= 4 is 11.6 Å². The molecule has 0 fully saturated rings. The molecule has 3 aromatic rings. The van der Waals surface area contributed by atoms with Crippen LogP contribution in [-0.4, -0.2) is 14.9 Å². The predicted molar refractivity (Wildman–Crippen MR) is 93.7 cm³/mol. The van der Waals surface area contributed by atoms with Crippen molar-refractivity contribution in [2.24, 2.45) is 0 Å². The molecular formula is C19H14ClN3O. The number of rotatable bonds is 4. The van der Waals surface area contributed by atoms with Gasteiger partial charge in [0.05, 0.1) is 22.9 Å². The first kappa shape index (κ1) is 16.0. The number of benzene rings is 2. The van der Waals surface area contributed by atoms with E-state index >= 15 is 0 Å². The van der Waals surface area contributed by atoms with Gasteiger partial charge in [-0.25, -0.2) is 4.68 Å². The van der Waals surface area contributed by atoms with Crippen LogP contribution in [0.15, 0.2) is 72.8 Å². The Bertz CT molecular complexity index is 911. The first-order chi connectivity index (χ1) is 11.6. The second kappa shape index (κ2) is 6.71. The van der Waals surface area contributed by atoms with Crippen molar-refractivity contribution in [2.45, 2.75) is 6.10 Å². The molecule has 1 unspecified atom stereocenters. The van der Waals surface area contributed by atoms with Gasteiger partial charge in [-0.15, -0.1) is 0 Å². The van der Waals surface area contributed by atoms with E-state index in [1.165, 1.54) is 0 Å². The quantitative estimate of drug-likeness (QED) is 0.723. The Kier molecular flexibility index (Phi) is 4.48. The highest BCUT2D eigenvalue weighted by Crippen LogP contribution is 2.37. The lowest BCUT2D eigenvalue weighted by Gasteiger charge is -2.10. The normalized spacial score (nSPS) is 11.7. The van der Waals surface area contributed by atoms with Crippen molar-refractivity contribution in [1.82, 2.24) is 9.78 Å². The molecule has 0 amide bonds. The zero-order valence-corrected chi connectivity index (χ0v) is 13.5. The first-order valence-electron chi connectivity index (χ1n) is 7.29. The smallest absolute Gasteiger partial charge is 0.139 e. The van der Waals surface area contributed by atoms with Crippen molar-refractivity contribution in [3.63, 3.8) is 0 Å².